The van der Waals surface area contributed by atoms with Gasteiger partial charge < -0.3 is 10.6 Å². The molecule has 3 nitrogen and oxygen atoms in total. The van der Waals surface area contributed by atoms with Crippen molar-refractivity contribution in [3.8, 4) is 0 Å². The lowest BCUT2D eigenvalue weighted by atomic mass is 9.67. The maximum Gasteiger partial charge on any atom is 0.0797 e. The molecule has 4 saturated heterocycles. The summed E-state index contributed by atoms with van der Waals surface area (Å²) < 4.78 is 0. The first kappa shape index (κ1) is 12.5. The van der Waals surface area contributed by atoms with Gasteiger partial charge in [-0.2, -0.15) is 0 Å². The molecule has 2 N–H and O–H groups in total. The van der Waals surface area contributed by atoms with Gasteiger partial charge in [-0.05, 0) is 57.0 Å². The van der Waals surface area contributed by atoms with E-state index in [1.807, 2.05) is 0 Å². The lowest BCUT2D eigenvalue weighted by Crippen LogP contribution is -2.67. The molecule has 0 aliphatic carbocycles. The summed E-state index contributed by atoms with van der Waals surface area (Å²) in [6, 6.07) is 1.81. The van der Waals surface area contributed by atoms with Crippen LogP contribution < -0.4 is 5.73 Å². The highest BCUT2D eigenvalue weighted by Crippen LogP contribution is 2.44. The SMILES string of the molecule is NC1CC(=S)N2CC3CCCN4CCCC(C34)[C@H]2C1. The molecule has 4 rings (SSSR count). The number of nitrogens with zero attached hydrogens (tertiary/aromatic N) is 2. The van der Waals surface area contributed by atoms with E-state index in [1.54, 1.807) is 0 Å². The maximum atomic E-state index is 6.24. The van der Waals surface area contributed by atoms with Crippen LogP contribution in [0.4, 0.5) is 0 Å². The number of nitrogens with two attached hydrogens (primary N) is 1. The van der Waals surface area contributed by atoms with E-state index in [2.05, 4.69) is 9.80 Å². The normalized spacial score (nSPS) is 46.7. The van der Waals surface area contributed by atoms with Gasteiger partial charge in [0, 0.05) is 31.1 Å². The van der Waals surface area contributed by atoms with Gasteiger partial charge in [0.05, 0.1) is 4.99 Å². The monoisotopic (exact) mass is 279 g/mol. The number of hydrogen-bond acceptors (Lipinski definition) is 3. The standard InChI is InChI=1S/C15H25N3S/c16-11-7-13-12-4-2-6-17-5-1-3-10(15(12)17)9-18(13)14(19)8-11/h10-13,15H,1-9,16H2/t10?,11?,12?,13-,15?/m1/s1. The van der Waals surface area contributed by atoms with Gasteiger partial charge in [0.25, 0.3) is 0 Å². The Morgan fingerprint density at radius 3 is 2.79 bits per heavy atom. The minimum atomic E-state index is 0.310. The minimum Gasteiger partial charge on any atom is -0.362 e. The van der Waals surface area contributed by atoms with Crippen molar-refractivity contribution in [1.82, 2.24) is 9.80 Å². The second-order valence-corrected chi connectivity index (χ2v) is 7.52. The lowest BCUT2D eigenvalue weighted by molar-refractivity contribution is -0.0609. The summed E-state index contributed by atoms with van der Waals surface area (Å²) in [6.07, 6.45) is 7.68. The number of rotatable bonds is 0. The average molecular weight is 279 g/mol. The zero-order valence-electron chi connectivity index (χ0n) is 11.6. The highest BCUT2D eigenvalue weighted by atomic mass is 32.1. The van der Waals surface area contributed by atoms with Crippen molar-refractivity contribution in [3.05, 3.63) is 0 Å². The molecule has 5 atom stereocenters. The summed E-state index contributed by atoms with van der Waals surface area (Å²) in [4.78, 5) is 6.53. The first-order valence-electron chi connectivity index (χ1n) is 8.03. The fourth-order valence-corrected chi connectivity index (χ4v) is 5.74. The van der Waals surface area contributed by atoms with Gasteiger partial charge in [0.1, 0.15) is 0 Å². The molecule has 0 radical (unpaired) electrons. The molecule has 4 aliphatic rings. The van der Waals surface area contributed by atoms with Crippen molar-refractivity contribution in [3.63, 3.8) is 0 Å². The predicted molar refractivity (Wildman–Crippen MR) is 81.1 cm³/mol. The Hall–Kier alpha value is -0.190. The van der Waals surface area contributed by atoms with Crippen LogP contribution in [0.2, 0.25) is 0 Å². The average Bonchev–Trinajstić information content (AvgIpc) is 2.41. The topological polar surface area (TPSA) is 32.5 Å². The van der Waals surface area contributed by atoms with Gasteiger partial charge in [-0.1, -0.05) is 12.2 Å². The van der Waals surface area contributed by atoms with E-state index in [0.717, 1.165) is 29.3 Å². The van der Waals surface area contributed by atoms with Crippen molar-refractivity contribution in [2.24, 2.45) is 17.6 Å². The molecule has 0 amide bonds. The third-order valence-corrected chi connectivity index (χ3v) is 6.37. The van der Waals surface area contributed by atoms with Gasteiger partial charge in [0.15, 0.2) is 0 Å². The van der Waals surface area contributed by atoms with Gasteiger partial charge >= 0.3 is 0 Å². The van der Waals surface area contributed by atoms with Crippen LogP contribution >= 0.6 is 12.2 Å². The van der Waals surface area contributed by atoms with E-state index < -0.39 is 0 Å². The van der Waals surface area contributed by atoms with Crippen LogP contribution in [0.15, 0.2) is 0 Å². The number of hydrogen-bond donors (Lipinski definition) is 1. The molecule has 4 heteroatoms. The smallest absolute Gasteiger partial charge is 0.0797 e. The molecule has 106 valence electrons. The number of thiocarbonyl (C=S) groups is 1. The van der Waals surface area contributed by atoms with E-state index in [9.17, 15) is 0 Å². The summed E-state index contributed by atoms with van der Waals surface area (Å²) in [7, 11) is 0. The van der Waals surface area contributed by atoms with Crippen molar-refractivity contribution >= 4 is 17.2 Å². The van der Waals surface area contributed by atoms with E-state index in [0.29, 0.717) is 12.1 Å². The molecule has 0 aromatic heterocycles. The van der Waals surface area contributed by atoms with Gasteiger partial charge in [-0.3, -0.25) is 4.90 Å². The van der Waals surface area contributed by atoms with Gasteiger partial charge in [-0.25, -0.2) is 0 Å². The quantitative estimate of drug-likeness (QED) is 0.683. The summed E-state index contributed by atoms with van der Waals surface area (Å²) in [5.41, 5.74) is 6.24. The van der Waals surface area contributed by atoms with Crippen molar-refractivity contribution in [2.75, 3.05) is 19.6 Å². The van der Waals surface area contributed by atoms with Crippen LogP contribution in [0.3, 0.4) is 0 Å². The van der Waals surface area contributed by atoms with E-state index in [1.165, 1.54) is 51.7 Å². The molecule has 0 saturated carbocycles. The van der Waals surface area contributed by atoms with Crippen LogP contribution in [-0.4, -0.2) is 52.5 Å². The van der Waals surface area contributed by atoms with Crippen LogP contribution in [0, 0.1) is 11.8 Å². The Morgan fingerprint density at radius 2 is 1.95 bits per heavy atom. The fraction of sp³-hybridized carbons (Fsp3) is 0.933. The zero-order valence-corrected chi connectivity index (χ0v) is 12.4. The highest BCUT2D eigenvalue weighted by molar-refractivity contribution is 7.80. The largest absolute Gasteiger partial charge is 0.362 e. The zero-order chi connectivity index (χ0) is 13.0. The Kier molecular flexibility index (Phi) is 3.09. The molecule has 4 unspecified atom stereocenters. The Bertz CT molecular complexity index is 384. The summed E-state index contributed by atoms with van der Waals surface area (Å²) in [6.45, 7) is 3.88. The molecule has 4 fully saturated rings. The van der Waals surface area contributed by atoms with Crippen molar-refractivity contribution < 1.29 is 0 Å². The van der Waals surface area contributed by atoms with Gasteiger partial charge in [0.2, 0.25) is 0 Å². The van der Waals surface area contributed by atoms with Crippen LogP contribution in [0.25, 0.3) is 0 Å². The Labute approximate surface area is 121 Å². The predicted octanol–water partition coefficient (Wildman–Crippen LogP) is 1.61. The number of fused-ring (bicyclic) bond motifs is 2. The Balaban J connectivity index is 1.65. The Morgan fingerprint density at radius 1 is 1.16 bits per heavy atom. The first-order valence-corrected chi connectivity index (χ1v) is 8.44. The fourth-order valence-electron chi connectivity index (χ4n) is 5.32. The van der Waals surface area contributed by atoms with Crippen LogP contribution in [0.5, 0.6) is 0 Å². The lowest BCUT2D eigenvalue weighted by Gasteiger charge is -2.59. The minimum absolute atomic E-state index is 0.310. The summed E-state index contributed by atoms with van der Waals surface area (Å²) in [5, 5.41) is 0. The highest BCUT2D eigenvalue weighted by Gasteiger charge is 2.50. The molecular weight excluding hydrogens is 254 g/mol. The van der Waals surface area contributed by atoms with Crippen LogP contribution in [0.1, 0.15) is 38.5 Å². The van der Waals surface area contributed by atoms with Crippen molar-refractivity contribution in [1.29, 1.82) is 0 Å². The molecular formula is C15H25N3S. The van der Waals surface area contributed by atoms with Gasteiger partial charge in [-0.15, -0.1) is 0 Å². The molecule has 0 spiro atoms. The second-order valence-electron chi connectivity index (χ2n) is 7.05. The third kappa shape index (κ3) is 1.95. The van der Waals surface area contributed by atoms with E-state index >= 15 is 0 Å². The number of piperidine rings is 4. The summed E-state index contributed by atoms with van der Waals surface area (Å²) in [5.74, 6) is 1.69. The molecule has 0 bridgehead atoms. The maximum absolute atomic E-state index is 6.24. The molecule has 4 aliphatic heterocycles. The third-order valence-electron chi connectivity index (χ3n) is 5.97. The second kappa shape index (κ2) is 4.68. The van der Waals surface area contributed by atoms with Crippen molar-refractivity contribution in [2.45, 2.75) is 56.7 Å². The molecule has 4 heterocycles. The van der Waals surface area contributed by atoms with E-state index in [4.69, 9.17) is 18.0 Å². The molecule has 0 aromatic rings. The van der Waals surface area contributed by atoms with E-state index in [-0.39, 0.29) is 0 Å². The first-order chi connectivity index (χ1) is 9.24. The molecule has 0 aromatic carbocycles. The van der Waals surface area contributed by atoms with Crippen LogP contribution in [-0.2, 0) is 0 Å². The molecule has 19 heavy (non-hydrogen) atoms. The summed E-state index contributed by atoms with van der Waals surface area (Å²) >= 11 is 5.66.